The van der Waals surface area contributed by atoms with Gasteiger partial charge in [0.05, 0.1) is 7.11 Å². The number of rotatable bonds is 7. The molecule has 2 nitrogen and oxygen atoms in total. The van der Waals surface area contributed by atoms with Gasteiger partial charge in [0.2, 0.25) is 0 Å². The topological polar surface area (TPSA) is 26.3 Å². The minimum Gasteiger partial charge on any atom is -0.497 e. The summed E-state index contributed by atoms with van der Waals surface area (Å²) in [5, 5.41) is 0. The van der Waals surface area contributed by atoms with Crippen LogP contribution in [0.15, 0.2) is 24.3 Å². The highest BCUT2D eigenvalue weighted by Gasteiger charge is 2.11. The number of ether oxygens (including phenoxy) is 1. The summed E-state index contributed by atoms with van der Waals surface area (Å²) in [7, 11) is 1.67. The Labute approximate surface area is 104 Å². The van der Waals surface area contributed by atoms with Gasteiger partial charge in [-0.3, -0.25) is 4.79 Å². The van der Waals surface area contributed by atoms with Crippen LogP contribution in [0, 0.1) is 0 Å². The summed E-state index contributed by atoms with van der Waals surface area (Å²) in [6.45, 7) is 4.10. The van der Waals surface area contributed by atoms with Crippen molar-refractivity contribution in [2.24, 2.45) is 0 Å². The van der Waals surface area contributed by atoms with Gasteiger partial charge in [0.15, 0.2) is 0 Å². The van der Waals surface area contributed by atoms with Gasteiger partial charge in [-0.2, -0.15) is 0 Å². The van der Waals surface area contributed by atoms with Crippen molar-refractivity contribution in [2.45, 2.75) is 45.4 Å². The molecule has 2 heteroatoms. The molecule has 0 aliphatic heterocycles. The van der Waals surface area contributed by atoms with Crippen LogP contribution in [-0.2, 0) is 4.79 Å². The lowest BCUT2D eigenvalue weighted by molar-refractivity contribution is -0.118. The van der Waals surface area contributed by atoms with Gasteiger partial charge in [0.1, 0.15) is 11.5 Å². The maximum atomic E-state index is 11.3. The smallest absolute Gasteiger partial charge is 0.132 e. The zero-order valence-electron chi connectivity index (χ0n) is 11.0. The molecule has 0 saturated carbocycles. The number of ketones is 1. The zero-order valence-corrected chi connectivity index (χ0v) is 11.0. The van der Waals surface area contributed by atoms with E-state index in [4.69, 9.17) is 4.74 Å². The number of Topliss-reactive ketones (excluding diaryl/α,β-unsaturated/α-hetero) is 1. The number of carbonyl (C=O) groups is 1. The molecule has 0 aromatic heterocycles. The molecule has 94 valence electrons. The second-order valence-corrected chi connectivity index (χ2v) is 4.31. The van der Waals surface area contributed by atoms with E-state index in [1.807, 2.05) is 19.1 Å². The molecule has 1 aromatic rings. The van der Waals surface area contributed by atoms with E-state index in [1.54, 1.807) is 7.11 Å². The average molecular weight is 234 g/mol. The number of benzene rings is 1. The Morgan fingerprint density at radius 2 is 1.88 bits per heavy atom. The Morgan fingerprint density at radius 1 is 1.24 bits per heavy atom. The van der Waals surface area contributed by atoms with E-state index in [2.05, 4.69) is 19.1 Å². The van der Waals surface area contributed by atoms with Crippen LogP contribution in [0.2, 0.25) is 0 Å². The summed E-state index contributed by atoms with van der Waals surface area (Å²) < 4.78 is 5.14. The number of carbonyl (C=O) groups excluding carboxylic acids is 1. The quantitative estimate of drug-likeness (QED) is 0.714. The molecule has 0 bridgehead atoms. The summed E-state index contributed by atoms with van der Waals surface area (Å²) in [6.07, 6.45) is 3.37. The van der Waals surface area contributed by atoms with Crippen molar-refractivity contribution in [3.05, 3.63) is 29.8 Å². The fourth-order valence-corrected chi connectivity index (χ4v) is 1.99. The Kier molecular flexibility index (Phi) is 5.75. The first-order valence-corrected chi connectivity index (χ1v) is 6.36. The molecule has 0 fully saturated rings. The van der Waals surface area contributed by atoms with E-state index < -0.39 is 0 Å². The van der Waals surface area contributed by atoms with Gasteiger partial charge in [-0.25, -0.2) is 0 Å². The Balaban J connectivity index is 2.62. The summed E-state index contributed by atoms with van der Waals surface area (Å²) in [5.74, 6) is 1.72. The maximum absolute atomic E-state index is 11.3. The highest BCUT2D eigenvalue weighted by atomic mass is 16.5. The van der Waals surface area contributed by atoms with Crippen LogP contribution in [0.5, 0.6) is 5.75 Å². The van der Waals surface area contributed by atoms with E-state index in [0.29, 0.717) is 24.5 Å². The fraction of sp³-hybridized carbons (Fsp3) is 0.533. The predicted molar refractivity (Wildman–Crippen MR) is 70.6 cm³/mol. The van der Waals surface area contributed by atoms with Gasteiger partial charge in [-0.05, 0) is 36.5 Å². The monoisotopic (exact) mass is 234 g/mol. The van der Waals surface area contributed by atoms with Crippen LogP contribution in [0.25, 0.3) is 0 Å². The number of methoxy groups -OCH3 is 1. The molecule has 1 unspecified atom stereocenters. The van der Waals surface area contributed by atoms with E-state index in [-0.39, 0.29) is 0 Å². The van der Waals surface area contributed by atoms with Gasteiger partial charge in [0.25, 0.3) is 0 Å². The second-order valence-electron chi connectivity index (χ2n) is 4.31. The lowest BCUT2D eigenvalue weighted by Gasteiger charge is -2.15. The van der Waals surface area contributed by atoms with Crippen LogP contribution in [0.4, 0.5) is 0 Å². The average Bonchev–Trinajstić information content (AvgIpc) is 2.39. The molecule has 0 spiro atoms. The third-order valence-corrected chi connectivity index (χ3v) is 3.25. The van der Waals surface area contributed by atoms with E-state index in [0.717, 1.165) is 18.6 Å². The summed E-state index contributed by atoms with van der Waals surface area (Å²) in [6, 6.07) is 8.17. The Bertz CT molecular complexity index is 340. The minimum absolute atomic E-state index is 0.358. The van der Waals surface area contributed by atoms with Crippen LogP contribution >= 0.6 is 0 Å². The largest absolute Gasteiger partial charge is 0.497 e. The lowest BCUT2D eigenvalue weighted by Crippen LogP contribution is -2.02. The molecule has 17 heavy (non-hydrogen) atoms. The minimum atomic E-state index is 0.358. The standard InChI is InChI=1S/C15H22O2/c1-4-12(6-9-14(16)5-2)13-7-10-15(17-3)11-8-13/h7-8,10-12H,4-6,9H2,1-3H3. The van der Waals surface area contributed by atoms with Gasteiger partial charge in [-0.15, -0.1) is 0 Å². The van der Waals surface area contributed by atoms with Crippen molar-refractivity contribution < 1.29 is 9.53 Å². The first-order chi connectivity index (χ1) is 8.21. The van der Waals surface area contributed by atoms with Crippen molar-refractivity contribution in [2.75, 3.05) is 7.11 Å². The molecule has 0 aliphatic rings. The Hall–Kier alpha value is -1.31. The highest BCUT2D eigenvalue weighted by molar-refractivity contribution is 5.78. The Morgan fingerprint density at radius 3 is 2.35 bits per heavy atom. The van der Waals surface area contributed by atoms with Crippen LogP contribution in [0.1, 0.15) is 51.0 Å². The number of hydrogen-bond donors (Lipinski definition) is 0. The molecular weight excluding hydrogens is 212 g/mol. The molecule has 1 atom stereocenters. The maximum Gasteiger partial charge on any atom is 0.132 e. The first-order valence-electron chi connectivity index (χ1n) is 6.36. The summed E-state index contributed by atoms with van der Waals surface area (Å²) in [5.41, 5.74) is 1.30. The van der Waals surface area contributed by atoms with Crippen molar-refractivity contribution in [3.8, 4) is 5.75 Å². The molecular formula is C15H22O2. The fourth-order valence-electron chi connectivity index (χ4n) is 1.99. The van der Waals surface area contributed by atoms with Gasteiger partial charge < -0.3 is 4.74 Å². The highest BCUT2D eigenvalue weighted by Crippen LogP contribution is 2.26. The van der Waals surface area contributed by atoms with Gasteiger partial charge in [-0.1, -0.05) is 26.0 Å². The predicted octanol–water partition coefficient (Wildman–Crippen LogP) is 3.95. The van der Waals surface area contributed by atoms with Crippen molar-refractivity contribution in [1.82, 2.24) is 0 Å². The molecule has 0 N–H and O–H groups in total. The van der Waals surface area contributed by atoms with Gasteiger partial charge >= 0.3 is 0 Å². The number of hydrogen-bond acceptors (Lipinski definition) is 2. The van der Waals surface area contributed by atoms with Crippen molar-refractivity contribution >= 4 is 5.78 Å². The van der Waals surface area contributed by atoms with Crippen LogP contribution in [0.3, 0.4) is 0 Å². The third-order valence-electron chi connectivity index (χ3n) is 3.25. The summed E-state index contributed by atoms with van der Waals surface area (Å²) >= 11 is 0. The van der Waals surface area contributed by atoms with Crippen LogP contribution in [-0.4, -0.2) is 12.9 Å². The van der Waals surface area contributed by atoms with Crippen molar-refractivity contribution in [3.63, 3.8) is 0 Å². The zero-order chi connectivity index (χ0) is 12.7. The molecule has 0 aliphatic carbocycles. The van der Waals surface area contributed by atoms with E-state index in [1.165, 1.54) is 5.56 Å². The van der Waals surface area contributed by atoms with E-state index in [9.17, 15) is 4.79 Å². The molecule has 0 heterocycles. The van der Waals surface area contributed by atoms with Crippen molar-refractivity contribution in [1.29, 1.82) is 0 Å². The van der Waals surface area contributed by atoms with Crippen LogP contribution < -0.4 is 4.74 Å². The molecule has 0 saturated heterocycles. The normalized spacial score (nSPS) is 12.2. The SMILES string of the molecule is CCC(=O)CCC(CC)c1ccc(OC)cc1. The molecule has 0 amide bonds. The molecule has 1 aromatic carbocycles. The third kappa shape index (κ3) is 4.22. The second kappa shape index (κ2) is 7.10. The molecule has 0 radical (unpaired) electrons. The lowest BCUT2D eigenvalue weighted by atomic mass is 9.91. The van der Waals surface area contributed by atoms with E-state index >= 15 is 0 Å². The van der Waals surface area contributed by atoms with Gasteiger partial charge in [0, 0.05) is 12.8 Å². The summed E-state index contributed by atoms with van der Waals surface area (Å²) in [4.78, 5) is 11.3. The first kappa shape index (κ1) is 13.8. The molecule has 1 rings (SSSR count).